The fraction of sp³-hybridized carbons (Fsp3) is 0.803. The number of carbonyl (C=O) groups is 2. The first-order valence-corrected chi connectivity index (χ1v) is 29.0. The number of rotatable bonds is 52. The number of amides is 1. The predicted octanol–water partition coefficient (Wildman–Crippen LogP) is 18.0. The fourth-order valence-corrected chi connectivity index (χ4v) is 8.64. The van der Waals surface area contributed by atoms with Crippen LogP contribution in [0, 0.1) is 0 Å². The minimum Gasteiger partial charge on any atom is -0.462 e. The van der Waals surface area contributed by atoms with Crippen LogP contribution in [0.15, 0.2) is 60.8 Å². The maximum Gasteiger partial charge on any atom is 0.306 e. The second-order valence-corrected chi connectivity index (χ2v) is 19.7. The molecule has 0 spiro atoms. The van der Waals surface area contributed by atoms with E-state index in [0.29, 0.717) is 19.3 Å². The van der Waals surface area contributed by atoms with Crippen LogP contribution < -0.4 is 5.32 Å². The quantitative estimate of drug-likeness (QED) is 0.0321. The second kappa shape index (κ2) is 54.5. The Morgan fingerprint density at radius 2 is 0.761 bits per heavy atom. The van der Waals surface area contributed by atoms with E-state index in [9.17, 15) is 19.8 Å². The third-order valence-electron chi connectivity index (χ3n) is 13.1. The number of aliphatic hydroxyl groups is 2. The highest BCUT2D eigenvalue weighted by atomic mass is 16.5. The lowest BCUT2D eigenvalue weighted by Gasteiger charge is -2.24. The summed E-state index contributed by atoms with van der Waals surface area (Å²) in [5.41, 5.74) is 0. The number of hydrogen-bond acceptors (Lipinski definition) is 5. The van der Waals surface area contributed by atoms with Gasteiger partial charge in [-0.2, -0.15) is 0 Å². The SMILES string of the molecule is CCCCC/C=C\C/C=C\C/C=C\CCCCCCCCC(=O)OC(CCCCCCCCC/C=C\C/C=C\CCCCC)CC(=O)NC(CO)C(O)CCCCCCCCCCCCCC. The molecule has 6 nitrogen and oxygen atoms in total. The molecule has 67 heavy (non-hydrogen) atoms. The zero-order valence-electron chi connectivity index (χ0n) is 44.5. The lowest BCUT2D eigenvalue weighted by Crippen LogP contribution is -2.46. The molecule has 0 radical (unpaired) electrons. The van der Waals surface area contributed by atoms with Crippen molar-refractivity contribution in [2.45, 2.75) is 309 Å². The lowest BCUT2D eigenvalue weighted by molar-refractivity contribution is -0.151. The lowest BCUT2D eigenvalue weighted by atomic mass is 10.0. The number of unbranched alkanes of at least 4 members (excludes halogenated alkanes) is 30. The molecule has 1 amide bonds. The van der Waals surface area contributed by atoms with Gasteiger partial charge in [0.2, 0.25) is 5.91 Å². The van der Waals surface area contributed by atoms with E-state index < -0.39 is 18.2 Å². The first kappa shape index (κ1) is 64.6. The van der Waals surface area contributed by atoms with Crippen LogP contribution in [-0.2, 0) is 14.3 Å². The van der Waals surface area contributed by atoms with Gasteiger partial charge in [-0.3, -0.25) is 9.59 Å². The van der Waals surface area contributed by atoms with Crippen LogP contribution in [0.1, 0.15) is 290 Å². The summed E-state index contributed by atoms with van der Waals surface area (Å²) < 4.78 is 5.96. The van der Waals surface area contributed by atoms with Gasteiger partial charge in [0.15, 0.2) is 0 Å². The van der Waals surface area contributed by atoms with Crippen molar-refractivity contribution in [2.24, 2.45) is 0 Å². The minimum atomic E-state index is -0.794. The van der Waals surface area contributed by atoms with Crippen LogP contribution in [0.3, 0.4) is 0 Å². The van der Waals surface area contributed by atoms with Crippen molar-refractivity contribution in [3.05, 3.63) is 60.8 Å². The van der Waals surface area contributed by atoms with E-state index >= 15 is 0 Å². The van der Waals surface area contributed by atoms with E-state index in [0.717, 1.165) is 89.9 Å². The molecule has 0 saturated carbocycles. The highest BCUT2D eigenvalue weighted by Gasteiger charge is 2.24. The molecule has 0 bridgehead atoms. The highest BCUT2D eigenvalue weighted by Crippen LogP contribution is 2.18. The Kier molecular flexibility index (Phi) is 52.5. The number of nitrogens with one attached hydrogen (secondary N) is 1. The first-order chi connectivity index (χ1) is 33.0. The maximum absolute atomic E-state index is 13.3. The van der Waals surface area contributed by atoms with E-state index in [-0.39, 0.29) is 24.9 Å². The molecule has 6 heteroatoms. The van der Waals surface area contributed by atoms with Crippen LogP contribution >= 0.6 is 0 Å². The number of carbonyl (C=O) groups excluding carboxylic acids is 2. The molecular weight excluding hydrogens is 827 g/mol. The van der Waals surface area contributed by atoms with Gasteiger partial charge in [0, 0.05) is 6.42 Å². The molecule has 0 aliphatic rings. The molecule has 390 valence electrons. The molecule has 0 aromatic rings. The van der Waals surface area contributed by atoms with Crippen LogP contribution in [0.25, 0.3) is 0 Å². The van der Waals surface area contributed by atoms with E-state index in [1.165, 1.54) is 154 Å². The van der Waals surface area contributed by atoms with E-state index in [1.54, 1.807) is 0 Å². The van der Waals surface area contributed by atoms with Crippen molar-refractivity contribution in [1.29, 1.82) is 0 Å². The monoisotopic (exact) mass is 938 g/mol. The first-order valence-electron chi connectivity index (χ1n) is 29.0. The summed E-state index contributed by atoms with van der Waals surface area (Å²) in [6.07, 6.45) is 68.5. The Hall–Kier alpha value is -2.44. The molecule has 0 saturated heterocycles. The smallest absolute Gasteiger partial charge is 0.306 e. The van der Waals surface area contributed by atoms with Gasteiger partial charge in [-0.15, -0.1) is 0 Å². The van der Waals surface area contributed by atoms with Crippen molar-refractivity contribution in [3.8, 4) is 0 Å². The summed E-state index contributed by atoms with van der Waals surface area (Å²) in [5.74, 6) is -0.488. The van der Waals surface area contributed by atoms with Crippen LogP contribution in [-0.4, -0.2) is 46.9 Å². The molecule has 0 fully saturated rings. The van der Waals surface area contributed by atoms with E-state index in [1.807, 2.05) is 0 Å². The normalized spacial score (nSPS) is 13.6. The number of hydrogen-bond donors (Lipinski definition) is 3. The summed E-state index contributed by atoms with van der Waals surface area (Å²) >= 11 is 0. The van der Waals surface area contributed by atoms with Crippen molar-refractivity contribution in [2.75, 3.05) is 6.61 Å². The largest absolute Gasteiger partial charge is 0.462 e. The zero-order chi connectivity index (χ0) is 48.8. The van der Waals surface area contributed by atoms with Gasteiger partial charge >= 0.3 is 5.97 Å². The van der Waals surface area contributed by atoms with Gasteiger partial charge < -0.3 is 20.3 Å². The predicted molar refractivity (Wildman–Crippen MR) is 292 cm³/mol. The Morgan fingerprint density at radius 3 is 1.18 bits per heavy atom. The van der Waals surface area contributed by atoms with Crippen molar-refractivity contribution >= 4 is 11.9 Å². The molecule has 3 atom stereocenters. The van der Waals surface area contributed by atoms with Gasteiger partial charge in [0.1, 0.15) is 6.10 Å². The average Bonchev–Trinajstić information content (AvgIpc) is 3.32. The molecule has 0 aliphatic carbocycles. The summed E-state index contributed by atoms with van der Waals surface area (Å²) in [6, 6.07) is -0.709. The number of allylic oxidation sites excluding steroid dienone is 10. The maximum atomic E-state index is 13.3. The number of ether oxygens (including phenoxy) is 1. The molecule has 0 rings (SSSR count). The number of aliphatic hydroxyl groups excluding tert-OH is 2. The average molecular weight is 939 g/mol. The topological polar surface area (TPSA) is 95.9 Å². The van der Waals surface area contributed by atoms with Crippen LogP contribution in [0.4, 0.5) is 0 Å². The van der Waals surface area contributed by atoms with Gasteiger partial charge in [-0.05, 0) is 96.3 Å². The van der Waals surface area contributed by atoms with Crippen molar-refractivity contribution in [1.82, 2.24) is 5.32 Å². The Balaban J connectivity index is 4.60. The Bertz CT molecular complexity index is 1190. The zero-order valence-corrected chi connectivity index (χ0v) is 44.5. The molecule has 0 aliphatic heterocycles. The van der Waals surface area contributed by atoms with Gasteiger partial charge in [-0.1, -0.05) is 242 Å². The second-order valence-electron chi connectivity index (χ2n) is 19.7. The van der Waals surface area contributed by atoms with Gasteiger partial charge in [0.05, 0.1) is 25.2 Å². The van der Waals surface area contributed by atoms with Crippen LogP contribution in [0.5, 0.6) is 0 Å². The Morgan fingerprint density at radius 1 is 0.433 bits per heavy atom. The van der Waals surface area contributed by atoms with Crippen LogP contribution in [0.2, 0.25) is 0 Å². The summed E-state index contributed by atoms with van der Waals surface area (Å²) in [6.45, 7) is 6.44. The third kappa shape index (κ3) is 49.8. The molecule has 3 N–H and O–H groups in total. The highest BCUT2D eigenvalue weighted by molar-refractivity contribution is 5.77. The Labute approximate surface area is 416 Å². The fourth-order valence-electron chi connectivity index (χ4n) is 8.64. The summed E-state index contributed by atoms with van der Waals surface area (Å²) in [4.78, 5) is 26.3. The molecule has 0 heterocycles. The van der Waals surface area contributed by atoms with Gasteiger partial charge in [0.25, 0.3) is 0 Å². The standard InChI is InChI=1S/C61H111NO5/c1-4-7-10-13-16-19-22-25-27-29-30-32-34-36-39-42-45-48-51-54-61(66)67-57(52-49-46-43-40-37-35-33-31-28-26-23-20-17-14-11-8-5-2)55-60(65)62-58(56-63)59(64)53-50-47-44-41-38-24-21-18-15-12-9-6-3/h16-17,19-20,25-28,30,32,57-59,63-64H,4-15,18,21-24,29,31,33-56H2,1-3H3,(H,62,65)/b19-16-,20-17-,27-25-,28-26-,32-30-. The molecular formula is C61H111NO5. The van der Waals surface area contributed by atoms with Crippen molar-refractivity contribution in [3.63, 3.8) is 0 Å². The molecule has 0 aromatic carbocycles. The summed E-state index contributed by atoms with van der Waals surface area (Å²) in [5, 5.41) is 23.9. The van der Waals surface area contributed by atoms with Crippen molar-refractivity contribution < 1.29 is 24.5 Å². The summed E-state index contributed by atoms with van der Waals surface area (Å²) in [7, 11) is 0. The molecule has 3 unspecified atom stereocenters. The van der Waals surface area contributed by atoms with E-state index in [4.69, 9.17) is 4.74 Å². The minimum absolute atomic E-state index is 0.0665. The van der Waals surface area contributed by atoms with E-state index in [2.05, 4.69) is 86.8 Å². The molecule has 0 aromatic heterocycles. The third-order valence-corrected chi connectivity index (χ3v) is 13.1. The number of esters is 1. The van der Waals surface area contributed by atoms with Gasteiger partial charge in [-0.25, -0.2) is 0 Å².